The van der Waals surface area contributed by atoms with Gasteiger partial charge in [-0.2, -0.15) is 0 Å². The van der Waals surface area contributed by atoms with E-state index in [-0.39, 0.29) is 11.7 Å². The van der Waals surface area contributed by atoms with Crippen molar-refractivity contribution in [3.05, 3.63) is 101 Å². The topological polar surface area (TPSA) is 29.1 Å². The molecule has 120 valence electrons. The van der Waals surface area contributed by atoms with Crippen LogP contribution >= 0.6 is 0 Å². The fourth-order valence-corrected chi connectivity index (χ4v) is 2.58. The van der Waals surface area contributed by atoms with Crippen LogP contribution in [-0.4, -0.2) is 5.91 Å². The van der Waals surface area contributed by atoms with Gasteiger partial charge in [0.15, 0.2) is 0 Å². The second kappa shape index (κ2) is 7.09. The van der Waals surface area contributed by atoms with E-state index in [1.54, 1.807) is 25.1 Å². The molecule has 3 rings (SSSR count). The Morgan fingerprint density at radius 2 is 1.67 bits per heavy atom. The zero-order valence-corrected chi connectivity index (χ0v) is 13.4. The molecule has 0 unspecified atom stereocenters. The number of hydrogen-bond donors (Lipinski definition) is 1. The number of amides is 1. The van der Waals surface area contributed by atoms with Crippen molar-refractivity contribution in [2.45, 2.75) is 13.3 Å². The molecule has 0 saturated heterocycles. The quantitative estimate of drug-likeness (QED) is 0.722. The number of halogens is 1. The molecule has 2 nitrogen and oxygen atoms in total. The molecule has 0 aromatic heterocycles. The molecule has 0 fully saturated rings. The van der Waals surface area contributed by atoms with Gasteiger partial charge in [-0.1, -0.05) is 54.6 Å². The largest absolute Gasteiger partial charge is 0.322 e. The number of carbonyl (C=O) groups is 1. The molecule has 1 N–H and O–H groups in total. The van der Waals surface area contributed by atoms with Crippen LogP contribution < -0.4 is 5.32 Å². The molecule has 0 radical (unpaired) electrons. The van der Waals surface area contributed by atoms with Gasteiger partial charge in [0, 0.05) is 11.3 Å². The zero-order chi connectivity index (χ0) is 16.9. The molecule has 0 atom stereocenters. The van der Waals surface area contributed by atoms with Crippen LogP contribution in [0.4, 0.5) is 10.1 Å². The summed E-state index contributed by atoms with van der Waals surface area (Å²) in [5.74, 6) is -0.560. The van der Waals surface area contributed by atoms with Crippen molar-refractivity contribution in [2.75, 3.05) is 5.32 Å². The van der Waals surface area contributed by atoms with Gasteiger partial charge in [0.1, 0.15) is 5.82 Å². The lowest BCUT2D eigenvalue weighted by atomic mass is 9.99. The van der Waals surface area contributed by atoms with Crippen LogP contribution in [0.1, 0.15) is 27.0 Å². The number of anilines is 1. The molecule has 0 aliphatic rings. The average Bonchev–Trinajstić information content (AvgIpc) is 2.59. The Hall–Kier alpha value is -2.94. The van der Waals surface area contributed by atoms with E-state index in [1.807, 2.05) is 48.5 Å². The van der Waals surface area contributed by atoms with Crippen molar-refractivity contribution in [3.63, 3.8) is 0 Å². The molecule has 3 heteroatoms. The maximum atomic E-state index is 13.6. The number of nitrogens with one attached hydrogen (secondary N) is 1. The predicted octanol–water partition coefficient (Wildman–Crippen LogP) is 4.98. The maximum absolute atomic E-state index is 13.6. The zero-order valence-electron chi connectivity index (χ0n) is 13.4. The molecule has 1 amide bonds. The minimum Gasteiger partial charge on any atom is -0.322 e. The first-order chi connectivity index (χ1) is 11.6. The van der Waals surface area contributed by atoms with E-state index in [0.717, 1.165) is 11.1 Å². The standard InChI is InChI=1S/C21H18FNO/c1-15-11-12-18(14-20(15)22)23-21(24)19-10-6-5-9-17(19)13-16-7-3-2-4-8-16/h2-12,14H,13H2,1H3,(H,23,24). The Balaban J connectivity index is 1.83. The summed E-state index contributed by atoms with van der Waals surface area (Å²) in [6.07, 6.45) is 0.673. The van der Waals surface area contributed by atoms with Crippen molar-refractivity contribution >= 4 is 11.6 Å². The van der Waals surface area contributed by atoms with Crippen LogP contribution in [0.5, 0.6) is 0 Å². The number of benzene rings is 3. The first-order valence-electron chi connectivity index (χ1n) is 7.83. The predicted molar refractivity (Wildman–Crippen MR) is 94.8 cm³/mol. The highest BCUT2D eigenvalue weighted by atomic mass is 19.1. The van der Waals surface area contributed by atoms with Crippen LogP contribution in [0, 0.1) is 12.7 Å². The first kappa shape index (κ1) is 15.9. The SMILES string of the molecule is Cc1ccc(NC(=O)c2ccccc2Cc2ccccc2)cc1F. The Morgan fingerprint density at radius 3 is 2.42 bits per heavy atom. The molecule has 0 spiro atoms. The molecular formula is C21H18FNO. The van der Waals surface area contributed by atoms with Crippen molar-refractivity contribution in [3.8, 4) is 0 Å². The average molecular weight is 319 g/mol. The van der Waals surface area contributed by atoms with Gasteiger partial charge < -0.3 is 5.32 Å². The molecule has 3 aromatic rings. The van der Waals surface area contributed by atoms with Gasteiger partial charge >= 0.3 is 0 Å². The summed E-state index contributed by atoms with van der Waals surface area (Å²) in [5.41, 5.74) is 3.69. The molecule has 24 heavy (non-hydrogen) atoms. The molecule has 0 saturated carbocycles. The van der Waals surface area contributed by atoms with Crippen LogP contribution in [0.3, 0.4) is 0 Å². The Labute approximate surface area is 141 Å². The van der Waals surface area contributed by atoms with Gasteiger partial charge in [0.25, 0.3) is 5.91 Å². The Morgan fingerprint density at radius 1 is 0.958 bits per heavy atom. The third-order valence-electron chi connectivity index (χ3n) is 3.93. The summed E-state index contributed by atoms with van der Waals surface area (Å²) >= 11 is 0. The van der Waals surface area contributed by atoms with Crippen LogP contribution in [0.25, 0.3) is 0 Å². The summed E-state index contributed by atoms with van der Waals surface area (Å²) < 4.78 is 13.6. The summed E-state index contributed by atoms with van der Waals surface area (Å²) in [4.78, 5) is 12.6. The van der Waals surface area contributed by atoms with E-state index in [4.69, 9.17) is 0 Å². The number of rotatable bonds is 4. The Kier molecular flexibility index (Phi) is 4.71. The highest BCUT2D eigenvalue weighted by molar-refractivity contribution is 6.05. The minimum atomic E-state index is -0.328. The van der Waals surface area contributed by atoms with Crippen molar-refractivity contribution < 1.29 is 9.18 Å². The highest BCUT2D eigenvalue weighted by Crippen LogP contribution is 2.18. The minimum absolute atomic E-state index is 0.232. The summed E-state index contributed by atoms with van der Waals surface area (Å²) in [5, 5.41) is 2.77. The third kappa shape index (κ3) is 3.69. The third-order valence-corrected chi connectivity index (χ3v) is 3.93. The first-order valence-corrected chi connectivity index (χ1v) is 7.83. The maximum Gasteiger partial charge on any atom is 0.255 e. The normalized spacial score (nSPS) is 10.4. The highest BCUT2D eigenvalue weighted by Gasteiger charge is 2.12. The fourth-order valence-electron chi connectivity index (χ4n) is 2.58. The van der Waals surface area contributed by atoms with Gasteiger partial charge in [-0.3, -0.25) is 4.79 Å². The van der Waals surface area contributed by atoms with Gasteiger partial charge in [-0.15, -0.1) is 0 Å². The number of carbonyl (C=O) groups excluding carboxylic acids is 1. The smallest absolute Gasteiger partial charge is 0.255 e. The van der Waals surface area contributed by atoms with Crippen molar-refractivity contribution in [1.29, 1.82) is 0 Å². The molecular weight excluding hydrogens is 301 g/mol. The molecule has 3 aromatic carbocycles. The van der Waals surface area contributed by atoms with Gasteiger partial charge in [-0.05, 0) is 48.2 Å². The van der Waals surface area contributed by atoms with Crippen molar-refractivity contribution in [1.82, 2.24) is 0 Å². The van der Waals surface area contributed by atoms with Gasteiger partial charge in [-0.25, -0.2) is 4.39 Å². The monoisotopic (exact) mass is 319 g/mol. The molecule has 0 bridgehead atoms. The van der Waals surface area contributed by atoms with Crippen LogP contribution in [0.15, 0.2) is 72.8 Å². The lowest BCUT2D eigenvalue weighted by Gasteiger charge is -2.11. The fraction of sp³-hybridized carbons (Fsp3) is 0.0952. The summed E-state index contributed by atoms with van der Waals surface area (Å²) in [7, 11) is 0. The van der Waals surface area contributed by atoms with Crippen molar-refractivity contribution in [2.24, 2.45) is 0 Å². The second-order valence-electron chi connectivity index (χ2n) is 5.74. The van der Waals surface area contributed by atoms with E-state index in [2.05, 4.69) is 5.32 Å². The molecule has 0 aliphatic heterocycles. The van der Waals surface area contributed by atoms with E-state index in [9.17, 15) is 9.18 Å². The van der Waals surface area contributed by atoms with E-state index in [0.29, 0.717) is 23.2 Å². The number of hydrogen-bond acceptors (Lipinski definition) is 1. The lowest BCUT2D eigenvalue weighted by Crippen LogP contribution is -2.14. The Bertz CT molecular complexity index is 859. The second-order valence-corrected chi connectivity index (χ2v) is 5.74. The summed E-state index contributed by atoms with van der Waals surface area (Å²) in [6, 6.07) is 22.2. The number of aryl methyl sites for hydroxylation is 1. The van der Waals surface area contributed by atoms with E-state index in [1.165, 1.54) is 6.07 Å². The van der Waals surface area contributed by atoms with Crippen LogP contribution in [-0.2, 0) is 6.42 Å². The van der Waals surface area contributed by atoms with E-state index < -0.39 is 0 Å². The van der Waals surface area contributed by atoms with Crippen LogP contribution in [0.2, 0.25) is 0 Å². The van der Waals surface area contributed by atoms with E-state index >= 15 is 0 Å². The molecule has 0 heterocycles. The van der Waals surface area contributed by atoms with Gasteiger partial charge in [0.2, 0.25) is 0 Å². The summed E-state index contributed by atoms with van der Waals surface area (Å²) in [6.45, 7) is 1.69. The lowest BCUT2D eigenvalue weighted by molar-refractivity contribution is 0.102. The molecule has 0 aliphatic carbocycles. The van der Waals surface area contributed by atoms with Gasteiger partial charge in [0.05, 0.1) is 0 Å².